The van der Waals surface area contributed by atoms with Gasteiger partial charge in [0, 0.05) is 61.9 Å². The number of rotatable bonds is 10. The molecule has 2 aromatic rings. The maximum atomic E-state index is 12.6. The molecule has 4 rings (SSSR count). The van der Waals surface area contributed by atoms with E-state index in [1.54, 1.807) is 7.11 Å². The molecule has 230 valence electrons. The molecule has 1 unspecified atom stereocenters. The number of anilines is 1. The largest absolute Gasteiger partial charge is 0.495 e. The molecule has 2 aliphatic rings. The second-order valence-electron chi connectivity index (χ2n) is 12.3. The topological polar surface area (TPSA) is 62.3 Å². The van der Waals surface area contributed by atoms with Gasteiger partial charge in [0.25, 0.3) is 0 Å². The van der Waals surface area contributed by atoms with Crippen LogP contribution in [0.1, 0.15) is 76.1 Å². The van der Waals surface area contributed by atoms with Crippen molar-refractivity contribution >= 4 is 29.1 Å². The van der Waals surface area contributed by atoms with Gasteiger partial charge in [0.05, 0.1) is 18.7 Å². The second-order valence-corrected chi connectivity index (χ2v) is 12.8. The number of piperazine rings is 1. The van der Waals surface area contributed by atoms with Crippen LogP contribution in [-0.2, 0) is 9.59 Å². The van der Waals surface area contributed by atoms with Gasteiger partial charge in [-0.05, 0) is 74.4 Å². The van der Waals surface area contributed by atoms with Crippen LogP contribution in [0.3, 0.4) is 0 Å². The SMILES string of the molecule is COc1cc(N2CCN3C(CCC[C@@H]3c3ccc(OCCCN(C(=O)C(C)C)C(=O)C(C)C)c(C)c3C)C2)ccc1Cl. The zero-order valence-corrected chi connectivity index (χ0v) is 27.2. The molecular formula is C34H48ClN3O4. The van der Waals surface area contributed by atoms with Crippen molar-refractivity contribution < 1.29 is 19.1 Å². The highest BCUT2D eigenvalue weighted by molar-refractivity contribution is 6.32. The fraction of sp³-hybridized carbons (Fsp3) is 0.588. The van der Waals surface area contributed by atoms with Gasteiger partial charge in [0.1, 0.15) is 11.5 Å². The fourth-order valence-electron chi connectivity index (χ4n) is 6.35. The molecule has 0 saturated carbocycles. The number of hydrogen-bond acceptors (Lipinski definition) is 6. The zero-order chi connectivity index (χ0) is 30.6. The lowest BCUT2D eigenvalue weighted by molar-refractivity contribution is -0.149. The van der Waals surface area contributed by atoms with E-state index in [1.165, 1.54) is 28.9 Å². The van der Waals surface area contributed by atoms with Gasteiger partial charge < -0.3 is 14.4 Å². The monoisotopic (exact) mass is 597 g/mol. The van der Waals surface area contributed by atoms with E-state index in [0.29, 0.717) is 36.7 Å². The molecule has 2 saturated heterocycles. The van der Waals surface area contributed by atoms with E-state index in [2.05, 4.69) is 41.8 Å². The highest BCUT2D eigenvalue weighted by Crippen LogP contribution is 2.40. The van der Waals surface area contributed by atoms with Crippen LogP contribution in [-0.4, -0.2) is 67.6 Å². The third kappa shape index (κ3) is 7.05. The first-order valence-electron chi connectivity index (χ1n) is 15.5. The van der Waals surface area contributed by atoms with Crippen molar-refractivity contribution in [2.24, 2.45) is 11.8 Å². The first-order chi connectivity index (χ1) is 20.0. The summed E-state index contributed by atoms with van der Waals surface area (Å²) in [6.45, 7) is 15.5. The molecule has 8 heteroatoms. The average Bonchev–Trinajstić information content (AvgIpc) is 2.98. The predicted molar refractivity (Wildman–Crippen MR) is 170 cm³/mol. The maximum absolute atomic E-state index is 12.6. The first-order valence-corrected chi connectivity index (χ1v) is 15.8. The number of hydrogen-bond donors (Lipinski definition) is 0. The second kappa shape index (κ2) is 14.1. The van der Waals surface area contributed by atoms with E-state index in [4.69, 9.17) is 21.1 Å². The van der Waals surface area contributed by atoms with Gasteiger partial charge in [-0.3, -0.25) is 19.4 Å². The van der Waals surface area contributed by atoms with Crippen molar-refractivity contribution in [2.45, 2.75) is 79.3 Å². The van der Waals surface area contributed by atoms with Crippen molar-refractivity contribution in [3.05, 3.63) is 52.0 Å². The van der Waals surface area contributed by atoms with Crippen LogP contribution in [0, 0.1) is 25.7 Å². The molecule has 2 fully saturated rings. The van der Waals surface area contributed by atoms with Gasteiger partial charge in [-0.15, -0.1) is 0 Å². The Balaban J connectivity index is 1.39. The van der Waals surface area contributed by atoms with Gasteiger partial charge in [0.2, 0.25) is 11.8 Å². The summed E-state index contributed by atoms with van der Waals surface area (Å²) in [5, 5.41) is 0.639. The Morgan fingerprint density at radius 2 is 1.69 bits per heavy atom. The minimum Gasteiger partial charge on any atom is -0.495 e. The van der Waals surface area contributed by atoms with Crippen LogP contribution in [0.5, 0.6) is 11.5 Å². The molecule has 2 aliphatic heterocycles. The lowest BCUT2D eigenvalue weighted by Gasteiger charge is -2.49. The van der Waals surface area contributed by atoms with Crippen molar-refractivity contribution in [1.29, 1.82) is 0 Å². The van der Waals surface area contributed by atoms with E-state index in [9.17, 15) is 9.59 Å². The molecular weight excluding hydrogens is 550 g/mol. The highest BCUT2D eigenvalue weighted by Gasteiger charge is 2.36. The first kappa shape index (κ1) is 32.2. The maximum Gasteiger partial charge on any atom is 0.231 e. The van der Waals surface area contributed by atoms with Crippen molar-refractivity contribution in [1.82, 2.24) is 9.80 Å². The summed E-state index contributed by atoms with van der Waals surface area (Å²) in [5.41, 5.74) is 5.00. The Morgan fingerprint density at radius 1 is 0.976 bits per heavy atom. The van der Waals surface area contributed by atoms with E-state index in [0.717, 1.165) is 48.8 Å². The van der Waals surface area contributed by atoms with Gasteiger partial charge >= 0.3 is 0 Å². The van der Waals surface area contributed by atoms with E-state index < -0.39 is 0 Å². The number of piperidine rings is 1. The Kier molecular flexibility index (Phi) is 10.8. The summed E-state index contributed by atoms with van der Waals surface area (Å²) in [7, 11) is 1.66. The van der Waals surface area contributed by atoms with Crippen LogP contribution in [0.25, 0.3) is 0 Å². The summed E-state index contributed by atoms with van der Waals surface area (Å²) < 4.78 is 11.7. The van der Waals surface area contributed by atoms with Crippen LogP contribution < -0.4 is 14.4 Å². The molecule has 0 spiro atoms. The Morgan fingerprint density at radius 3 is 2.36 bits per heavy atom. The quantitative estimate of drug-likeness (QED) is 0.280. The lowest BCUT2D eigenvalue weighted by atomic mass is 9.86. The molecule has 2 amide bonds. The molecule has 7 nitrogen and oxygen atoms in total. The standard InChI is InChI=1S/C34H48ClN3O4/c1-22(2)33(39)38(34(40)23(3)4)16-9-19-42-31-15-13-28(24(5)25(31)6)30-11-8-10-27-21-36(17-18-37(27)30)26-12-14-29(35)32(20-26)41-7/h12-15,20,22-23,27,30H,8-11,16-19,21H2,1-7H3/t27?,30-/m1/s1. The normalized spacial score (nSPS) is 19.1. The number of nitrogens with zero attached hydrogens (tertiary/aromatic N) is 3. The number of halogens is 1. The Hall–Kier alpha value is -2.77. The Bertz CT molecular complexity index is 1240. The average molecular weight is 598 g/mol. The highest BCUT2D eigenvalue weighted by atomic mass is 35.5. The zero-order valence-electron chi connectivity index (χ0n) is 26.4. The van der Waals surface area contributed by atoms with Gasteiger partial charge in [-0.1, -0.05) is 45.4 Å². The van der Waals surface area contributed by atoms with E-state index in [-0.39, 0.29) is 23.7 Å². The van der Waals surface area contributed by atoms with Gasteiger partial charge in [-0.25, -0.2) is 0 Å². The number of methoxy groups -OCH3 is 1. The number of amides is 2. The fourth-order valence-corrected chi connectivity index (χ4v) is 6.55. The van der Waals surface area contributed by atoms with E-state index in [1.807, 2.05) is 39.8 Å². The lowest BCUT2D eigenvalue weighted by Crippen LogP contribution is -2.56. The molecule has 42 heavy (non-hydrogen) atoms. The van der Waals surface area contributed by atoms with Crippen LogP contribution >= 0.6 is 11.6 Å². The van der Waals surface area contributed by atoms with Crippen LogP contribution in [0.4, 0.5) is 5.69 Å². The van der Waals surface area contributed by atoms with Crippen LogP contribution in [0.2, 0.25) is 5.02 Å². The third-order valence-corrected chi connectivity index (χ3v) is 9.20. The number of imide groups is 1. The number of carbonyl (C=O) groups is 2. The van der Waals surface area contributed by atoms with Crippen molar-refractivity contribution in [2.75, 3.05) is 44.8 Å². The van der Waals surface area contributed by atoms with Crippen molar-refractivity contribution in [3.8, 4) is 11.5 Å². The molecule has 0 N–H and O–H groups in total. The van der Waals surface area contributed by atoms with Gasteiger partial charge in [0.15, 0.2) is 0 Å². The minimum atomic E-state index is -0.214. The molecule has 0 aromatic heterocycles. The summed E-state index contributed by atoms with van der Waals surface area (Å²) in [6, 6.07) is 11.3. The van der Waals surface area contributed by atoms with Gasteiger partial charge in [-0.2, -0.15) is 0 Å². The summed E-state index contributed by atoms with van der Waals surface area (Å²) in [5.74, 6) is 0.928. The molecule has 2 heterocycles. The number of benzene rings is 2. The molecule has 0 bridgehead atoms. The van der Waals surface area contributed by atoms with E-state index >= 15 is 0 Å². The number of carbonyl (C=O) groups excluding carboxylic acids is 2. The molecule has 2 aromatic carbocycles. The van der Waals surface area contributed by atoms with Crippen LogP contribution in [0.15, 0.2) is 30.3 Å². The summed E-state index contributed by atoms with van der Waals surface area (Å²) in [6.07, 6.45) is 4.17. The number of ether oxygens (including phenoxy) is 2. The third-order valence-electron chi connectivity index (χ3n) is 8.89. The molecule has 0 radical (unpaired) electrons. The van der Waals surface area contributed by atoms with Crippen molar-refractivity contribution in [3.63, 3.8) is 0 Å². The molecule has 2 atom stereocenters. The summed E-state index contributed by atoms with van der Waals surface area (Å²) in [4.78, 5) is 31.8. The minimum absolute atomic E-state index is 0.121. The predicted octanol–water partition coefficient (Wildman–Crippen LogP) is 6.82. The summed E-state index contributed by atoms with van der Waals surface area (Å²) >= 11 is 6.28. The smallest absolute Gasteiger partial charge is 0.231 e. The number of fused-ring (bicyclic) bond motifs is 1. The molecule has 0 aliphatic carbocycles. The Labute approximate surface area is 257 Å².